The van der Waals surface area contributed by atoms with E-state index in [4.69, 9.17) is 0 Å². The summed E-state index contributed by atoms with van der Waals surface area (Å²) in [5.74, 6) is -0.298. The van der Waals surface area contributed by atoms with Crippen molar-refractivity contribution < 1.29 is 9.59 Å². The molecule has 0 saturated carbocycles. The van der Waals surface area contributed by atoms with Crippen LogP contribution in [0.2, 0.25) is 0 Å². The van der Waals surface area contributed by atoms with Crippen molar-refractivity contribution >= 4 is 45.7 Å². The number of aromatic nitrogens is 1. The van der Waals surface area contributed by atoms with Gasteiger partial charge in [-0.15, -0.1) is 11.3 Å². The standard InChI is InChI=1S/C24H23N3O2S/c1-17(28)27(20-10-3-2-4-11-20)24-25-19(16-30-24)14-15-23(29)26-22-13-7-9-18-8-5-6-12-21(18)22/h2-4,7,9-11,13-16H,5-6,8,12H2,1H3,(H,26,29)/b15-14+. The lowest BCUT2D eigenvalue weighted by Gasteiger charge is -2.19. The molecule has 2 amide bonds. The van der Waals surface area contributed by atoms with Crippen LogP contribution in [0.1, 0.15) is 36.6 Å². The molecule has 0 unspecified atom stereocenters. The number of carbonyl (C=O) groups excluding carboxylic acids is 2. The summed E-state index contributed by atoms with van der Waals surface area (Å²) in [6, 6.07) is 15.5. The SMILES string of the molecule is CC(=O)N(c1ccccc1)c1nc(/C=C/C(=O)Nc2cccc3c2CCCC3)cs1. The van der Waals surface area contributed by atoms with Crippen LogP contribution < -0.4 is 10.2 Å². The van der Waals surface area contributed by atoms with E-state index in [1.54, 1.807) is 11.0 Å². The van der Waals surface area contributed by atoms with Gasteiger partial charge in [0.1, 0.15) is 0 Å². The van der Waals surface area contributed by atoms with Gasteiger partial charge < -0.3 is 5.32 Å². The molecule has 1 heterocycles. The van der Waals surface area contributed by atoms with Gasteiger partial charge in [0.05, 0.1) is 11.4 Å². The first-order valence-corrected chi connectivity index (χ1v) is 10.9. The van der Waals surface area contributed by atoms with E-state index in [2.05, 4.69) is 16.4 Å². The minimum absolute atomic E-state index is 0.113. The summed E-state index contributed by atoms with van der Waals surface area (Å²) in [5, 5.41) is 5.41. The van der Waals surface area contributed by atoms with Gasteiger partial charge in [-0.2, -0.15) is 0 Å². The molecule has 0 bridgehead atoms. The number of amides is 2. The Morgan fingerprint density at radius 3 is 2.67 bits per heavy atom. The third kappa shape index (κ3) is 4.49. The van der Waals surface area contributed by atoms with Gasteiger partial charge in [-0.3, -0.25) is 14.5 Å². The highest BCUT2D eigenvalue weighted by atomic mass is 32.1. The van der Waals surface area contributed by atoms with Crippen LogP contribution in [-0.2, 0) is 22.4 Å². The lowest BCUT2D eigenvalue weighted by molar-refractivity contribution is -0.116. The molecule has 0 saturated heterocycles. The predicted molar refractivity (Wildman–Crippen MR) is 122 cm³/mol. The zero-order valence-electron chi connectivity index (χ0n) is 16.8. The fraction of sp³-hybridized carbons (Fsp3) is 0.208. The number of anilines is 3. The van der Waals surface area contributed by atoms with Crippen molar-refractivity contribution in [1.29, 1.82) is 0 Å². The van der Waals surface area contributed by atoms with E-state index >= 15 is 0 Å². The molecule has 30 heavy (non-hydrogen) atoms. The third-order valence-electron chi connectivity index (χ3n) is 5.09. The number of rotatable bonds is 5. The Morgan fingerprint density at radius 1 is 1.07 bits per heavy atom. The second-order valence-electron chi connectivity index (χ2n) is 7.22. The fourth-order valence-corrected chi connectivity index (χ4v) is 4.55. The van der Waals surface area contributed by atoms with E-state index in [0.717, 1.165) is 30.6 Å². The fourth-order valence-electron chi connectivity index (χ4n) is 3.69. The van der Waals surface area contributed by atoms with Gasteiger partial charge in [0, 0.05) is 24.1 Å². The number of hydrogen-bond acceptors (Lipinski definition) is 4. The Morgan fingerprint density at radius 2 is 1.87 bits per heavy atom. The molecule has 1 aliphatic carbocycles. The monoisotopic (exact) mass is 417 g/mol. The third-order valence-corrected chi connectivity index (χ3v) is 5.93. The van der Waals surface area contributed by atoms with Crippen LogP contribution in [0.4, 0.5) is 16.5 Å². The highest BCUT2D eigenvalue weighted by Crippen LogP contribution is 2.30. The zero-order valence-corrected chi connectivity index (χ0v) is 17.6. The molecule has 0 fully saturated rings. The first kappa shape index (κ1) is 20.0. The number of carbonyl (C=O) groups is 2. The maximum absolute atomic E-state index is 12.5. The van der Waals surface area contributed by atoms with Gasteiger partial charge in [0.2, 0.25) is 11.8 Å². The molecule has 3 aromatic rings. The van der Waals surface area contributed by atoms with Gasteiger partial charge >= 0.3 is 0 Å². The van der Waals surface area contributed by atoms with E-state index in [-0.39, 0.29) is 11.8 Å². The number of benzene rings is 2. The van der Waals surface area contributed by atoms with Crippen LogP contribution in [0.15, 0.2) is 60.0 Å². The van der Waals surface area contributed by atoms with Gasteiger partial charge in [0.15, 0.2) is 5.13 Å². The Labute approximate surface area is 180 Å². The van der Waals surface area contributed by atoms with Crippen molar-refractivity contribution in [3.05, 3.63) is 76.8 Å². The maximum atomic E-state index is 12.5. The van der Waals surface area contributed by atoms with Crippen LogP contribution in [-0.4, -0.2) is 16.8 Å². The molecule has 0 radical (unpaired) electrons. The van der Waals surface area contributed by atoms with E-state index in [9.17, 15) is 9.59 Å². The molecular formula is C24H23N3O2S. The number of fused-ring (bicyclic) bond motifs is 1. The lowest BCUT2D eigenvalue weighted by Crippen LogP contribution is -2.22. The minimum Gasteiger partial charge on any atom is -0.322 e. The predicted octanol–water partition coefficient (Wildman–Crippen LogP) is 5.36. The Bertz CT molecular complexity index is 1090. The van der Waals surface area contributed by atoms with Crippen molar-refractivity contribution in [3.8, 4) is 0 Å². The topological polar surface area (TPSA) is 62.3 Å². The Kier molecular flexibility index (Phi) is 6.05. The molecule has 1 N–H and O–H groups in total. The van der Waals surface area contributed by atoms with Crippen molar-refractivity contribution in [2.75, 3.05) is 10.2 Å². The second kappa shape index (κ2) is 9.05. The van der Waals surface area contributed by atoms with Gasteiger partial charge in [-0.1, -0.05) is 30.3 Å². The molecular weight excluding hydrogens is 394 g/mol. The summed E-state index contributed by atoms with van der Waals surface area (Å²) in [6.45, 7) is 1.51. The van der Waals surface area contributed by atoms with E-state index in [1.807, 2.05) is 47.8 Å². The molecule has 6 heteroatoms. The van der Waals surface area contributed by atoms with Gasteiger partial charge in [-0.25, -0.2) is 4.98 Å². The summed E-state index contributed by atoms with van der Waals surface area (Å²) in [6.07, 6.45) is 7.60. The van der Waals surface area contributed by atoms with Gasteiger partial charge in [0.25, 0.3) is 0 Å². The second-order valence-corrected chi connectivity index (χ2v) is 8.05. The highest BCUT2D eigenvalue weighted by Gasteiger charge is 2.17. The van der Waals surface area contributed by atoms with Crippen LogP contribution in [0.25, 0.3) is 6.08 Å². The first-order chi connectivity index (χ1) is 14.6. The summed E-state index contributed by atoms with van der Waals surface area (Å²) in [7, 11) is 0. The van der Waals surface area contributed by atoms with Gasteiger partial charge in [-0.05, 0) is 61.1 Å². The molecule has 1 aromatic heterocycles. The van der Waals surface area contributed by atoms with Crippen LogP contribution in [0.5, 0.6) is 0 Å². The summed E-state index contributed by atoms with van der Waals surface area (Å²) in [4.78, 5) is 30.7. The van der Waals surface area contributed by atoms with Crippen molar-refractivity contribution in [2.45, 2.75) is 32.6 Å². The highest BCUT2D eigenvalue weighted by molar-refractivity contribution is 7.14. The Hall–Kier alpha value is -3.25. The maximum Gasteiger partial charge on any atom is 0.248 e. The number of hydrogen-bond donors (Lipinski definition) is 1. The number of thiazole rings is 1. The molecule has 4 rings (SSSR count). The van der Waals surface area contributed by atoms with Crippen LogP contribution in [0.3, 0.4) is 0 Å². The smallest absolute Gasteiger partial charge is 0.248 e. The summed E-state index contributed by atoms with van der Waals surface area (Å²) >= 11 is 1.37. The number of nitrogens with zero attached hydrogens (tertiary/aromatic N) is 2. The average Bonchev–Trinajstić information content (AvgIpc) is 3.21. The van der Waals surface area contributed by atoms with Crippen LogP contribution >= 0.6 is 11.3 Å². The van der Waals surface area contributed by atoms with Crippen LogP contribution in [0, 0.1) is 0 Å². The normalized spacial score (nSPS) is 13.1. The average molecular weight is 418 g/mol. The number of para-hydroxylation sites is 1. The van der Waals surface area contributed by atoms with E-state index in [1.165, 1.54) is 41.9 Å². The molecule has 152 valence electrons. The van der Waals surface area contributed by atoms with Crippen molar-refractivity contribution in [1.82, 2.24) is 4.98 Å². The molecule has 5 nitrogen and oxygen atoms in total. The molecule has 2 aromatic carbocycles. The number of aryl methyl sites for hydroxylation is 1. The minimum atomic E-state index is -0.185. The largest absolute Gasteiger partial charge is 0.322 e. The molecule has 0 atom stereocenters. The quantitative estimate of drug-likeness (QED) is 0.569. The van der Waals surface area contributed by atoms with E-state index in [0.29, 0.717) is 10.8 Å². The Balaban J connectivity index is 1.47. The van der Waals surface area contributed by atoms with E-state index < -0.39 is 0 Å². The summed E-state index contributed by atoms with van der Waals surface area (Å²) < 4.78 is 0. The van der Waals surface area contributed by atoms with Crippen molar-refractivity contribution in [3.63, 3.8) is 0 Å². The summed E-state index contributed by atoms with van der Waals surface area (Å²) in [5.41, 5.74) is 4.88. The lowest BCUT2D eigenvalue weighted by atomic mass is 9.90. The van der Waals surface area contributed by atoms with Crippen molar-refractivity contribution in [2.24, 2.45) is 0 Å². The molecule has 0 spiro atoms. The molecule has 0 aliphatic heterocycles. The zero-order chi connectivity index (χ0) is 20.9. The molecule has 1 aliphatic rings. The first-order valence-electron chi connectivity index (χ1n) is 10.0. The number of nitrogens with one attached hydrogen (secondary N) is 1.